The highest BCUT2D eigenvalue weighted by atomic mass is 16.2. The Kier molecular flexibility index (Phi) is 2.71. The first-order valence-corrected chi connectivity index (χ1v) is 5.50. The molecule has 1 aliphatic rings. The van der Waals surface area contributed by atoms with E-state index in [1.165, 1.54) is 0 Å². The smallest absolute Gasteiger partial charge is 0.257 e. The van der Waals surface area contributed by atoms with Crippen molar-refractivity contribution in [2.24, 2.45) is 7.05 Å². The Morgan fingerprint density at radius 1 is 1.50 bits per heavy atom. The van der Waals surface area contributed by atoms with Crippen molar-refractivity contribution >= 4 is 5.91 Å². The van der Waals surface area contributed by atoms with Crippen LogP contribution in [0.3, 0.4) is 0 Å². The molecule has 1 aliphatic heterocycles. The molecule has 1 aromatic rings. The zero-order chi connectivity index (χ0) is 11.9. The van der Waals surface area contributed by atoms with Gasteiger partial charge in [-0.2, -0.15) is 5.10 Å². The minimum Gasteiger partial charge on any atom is -0.336 e. The molecule has 0 spiro atoms. The second kappa shape index (κ2) is 3.90. The number of nitrogens with one attached hydrogen (secondary N) is 1. The molecule has 1 N–H and O–H groups in total. The number of rotatable bonds is 2. The predicted octanol–water partition coefficient (Wildman–Crippen LogP) is 0.0807. The van der Waals surface area contributed by atoms with E-state index in [4.69, 9.17) is 0 Å². The molecule has 0 bridgehead atoms. The summed E-state index contributed by atoms with van der Waals surface area (Å²) in [4.78, 5) is 14.1. The highest BCUT2D eigenvalue weighted by molar-refractivity contribution is 5.96. The second-order valence-electron chi connectivity index (χ2n) is 4.40. The number of hydrogen-bond acceptors (Lipinski definition) is 3. The number of nitrogens with zero attached hydrogens (tertiary/aromatic N) is 3. The summed E-state index contributed by atoms with van der Waals surface area (Å²) in [5, 5.41) is 7.44. The van der Waals surface area contributed by atoms with Crippen LogP contribution in [0.15, 0.2) is 0 Å². The van der Waals surface area contributed by atoms with Gasteiger partial charge in [-0.3, -0.25) is 9.48 Å². The molecule has 2 heterocycles. The summed E-state index contributed by atoms with van der Waals surface area (Å²) >= 11 is 0. The number of carbonyl (C=O) groups excluding carboxylic acids is 1. The zero-order valence-electron chi connectivity index (χ0n) is 10.2. The lowest BCUT2D eigenvalue weighted by Crippen LogP contribution is -2.57. The highest BCUT2D eigenvalue weighted by Gasteiger charge is 2.28. The standard InChI is InChI=1S/C11H18N4O/c1-7-10(8(2)15(4)13-7)11(16)14(3)9-5-12-6-9/h9,12H,5-6H2,1-4H3. The number of amides is 1. The summed E-state index contributed by atoms with van der Waals surface area (Å²) in [6.07, 6.45) is 0. The summed E-state index contributed by atoms with van der Waals surface area (Å²) in [6, 6.07) is 0.325. The molecule has 0 aliphatic carbocycles. The Hall–Kier alpha value is -1.36. The van der Waals surface area contributed by atoms with Crippen LogP contribution in [0.1, 0.15) is 21.7 Å². The van der Waals surface area contributed by atoms with Crippen LogP contribution in [0.4, 0.5) is 0 Å². The fraction of sp³-hybridized carbons (Fsp3) is 0.636. The van der Waals surface area contributed by atoms with Crippen molar-refractivity contribution in [3.8, 4) is 0 Å². The van der Waals surface area contributed by atoms with E-state index in [2.05, 4.69) is 10.4 Å². The maximum atomic E-state index is 12.3. The van der Waals surface area contributed by atoms with E-state index in [-0.39, 0.29) is 5.91 Å². The maximum Gasteiger partial charge on any atom is 0.257 e. The summed E-state index contributed by atoms with van der Waals surface area (Å²) in [6.45, 7) is 5.59. The molecule has 0 radical (unpaired) electrons. The Bertz CT molecular complexity index is 420. The first kappa shape index (κ1) is 11.1. The monoisotopic (exact) mass is 222 g/mol. The quantitative estimate of drug-likeness (QED) is 0.771. The van der Waals surface area contributed by atoms with E-state index in [1.54, 1.807) is 4.68 Å². The van der Waals surface area contributed by atoms with Crippen LogP contribution in [0.2, 0.25) is 0 Å². The van der Waals surface area contributed by atoms with Gasteiger partial charge in [0, 0.05) is 32.9 Å². The minimum atomic E-state index is 0.0783. The van der Waals surface area contributed by atoms with Crippen molar-refractivity contribution < 1.29 is 4.79 Å². The molecule has 0 saturated carbocycles. The topological polar surface area (TPSA) is 50.2 Å². The first-order chi connectivity index (χ1) is 7.52. The summed E-state index contributed by atoms with van der Waals surface area (Å²) in [7, 11) is 3.73. The summed E-state index contributed by atoms with van der Waals surface area (Å²) < 4.78 is 1.76. The lowest BCUT2D eigenvalue weighted by Gasteiger charge is -2.35. The van der Waals surface area contributed by atoms with Crippen molar-refractivity contribution in [3.63, 3.8) is 0 Å². The van der Waals surface area contributed by atoms with E-state index < -0.39 is 0 Å². The molecular weight excluding hydrogens is 204 g/mol. The van der Waals surface area contributed by atoms with Gasteiger partial charge in [0.1, 0.15) is 0 Å². The van der Waals surface area contributed by atoms with E-state index in [1.807, 2.05) is 32.8 Å². The Morgan fingerprint density at radius 2 is 2.12 bits per heavy atom. The molecule has 5 heteroatoms. The van der Waals surface area contributed by atoms with Crippen LogP contribution in [0.25, 0.3) is 0 Å². The van der Waals surface area contributed by atoms with Crippen LogP contribution < -0.4 is 5.32 Å². The third-order valence-electron chi connectivity index (χ3n) is 3.35. The fourth-order valence-corrected chi connectivity index (χ4v) is 1.97. The summed E-state index contributed by atoms with van der Waals surface area (Å²) in [5.41, 5.74) is 2.49. The van der Waals surface area contributed by atoms with Gasteiger partial charge in [-0.05, 0) is 13.8 Å². The zero-order valence-corrected chi connectivity index (χ0v) is 10.2. The summed E-state index contributed by atoms with van der Waals surface area (Å²) in [5.74, 6) is 0.0783. The van der Waals surface area contributed by atoms with Crippen molar-refractivity contribution in [1.82, 2.24) is 20.0 Å². The molecule has 0 aromatic carbocycles. The Morgan fingerprint density at radius 3 is 2.50 bits per heavy atom. The van der Waals surface area contributed by atoms with Crippen molar-refractivity contribution in [2.45, 2.75) is 19.9 Å². The Labute approximate surface area is 95.4 Å². The van der Waals surface area contributed by atoms with Crippen molar-refractivity contribution in [3.05, 3.63) is 17.0 Å². The number of likely N-dealkylation sites (N-methyl/N-ethyl adjacent to an activating group) is 1. The van der Waals surface area contributed by atoms with Crippen LogP contribution in [0, 0.1) is 13.8 Å². The van der Waals surface area contributed by atoms with E-state index in [0.717, 1.165) is 30.0 Å². The SMILES string of the molecule is Cc1nn(C)c(C)c1C(=O)N(C)C1CNC1. The third-order valence-corrected chi connectivity index (χ3v) is 3.35. The number of aryl methyl sites for hydroxylation is 2. The van der Waals surface area contributed by atoms with E-state index in [9.17, 15) is 4.79 Å². The average Bonchev–Trinajstić information content (AvgIpc) is 2.37. The predicted molar refractivity (Wildman–Crippen MR) is 61.4 cm³/mol. The molecule has 1 saturated heterocycles. The largest absolute Gasteiger partial charge is 0.336 e. The van der Waals surface area contributed by atoms with Gasteiger partial charge in [0.2, 0.25) is 0 Å². The van der Waals surface area contributed by atoms with Gasteiger partial charge in [0.15, 0.2) is 0 Å². The lowest BCUT2D eigenvalue weighted by molar-refractivity contribution is 0.0679. The van der Waals surface area contributed by atoms with Gasteiger partial charge in [0.25, 0.3) is 5.91 Å². The van der Waals surface area contributed by atoms with Gasteiger partial charge in [-0.25, -0.2) is 0 Å². The van der Waals surface area contributed by atoms with Gasteiger partial charge >= 0.3 is 0 Å². The van der Waals surface area contributed by atoms with Gasteiger partial charge in [-0.1, -0.05) is 0 Å². The maximum absolute atomic E-state index is 12.3. The third kappa shape index (κ3) is 1.61. The van der Waals surface area contributed by atoms with E-state index in [0.29, 0.717) is 6.04 Å². The molecule has 5 nitrogen and oxygen atoms in total. The van der Waals surface area contributed by atoms with Crippen LogP contribution in [-0.4, -0.2) is 46.8 Å². The Balaban J connectivity index is 2.25. The van der Waals surface area contributed by atoms with Gasteiger partial charge in [0.05, 0.1) is 17.3 Å². The van der Waals surface area contributed by atoms with Gasteiger partial charge in [-0.15, -0.1) is 0 Å². The van der Waals surface area contributed by atoms with Crippen molar-refractivity contribution in [2.75, 3.05) is 20.1 Å². The number of hydrogen-bond donors (Lipinski definition) is 1. The van der Waals surface area contributed by atoms with Crippen molar-refractivity contribution in [1.29, 1.82) is 0 Å². The van der Waals surface area contributed by atoms with Crippen LogP contribution in [-0.2, 0) is 7.05 Å². The molecule has 1 fully saturated rings. The fourth-order valence-electron chi connectivity index (χ4n) is 1.97. The first-order valence-electron chi connectivity index (χ1n) is 5.50. The lowest BCUT2D eigenvalue weighted by atomic mass is 10.1. The molecule has 0 unspecified atom stereocenters. The number of aromatic nitrogens is 2. The second-order valence-corrected chi connectivity index (χ2v) is 4.40. The molecular formula is C11H18N4O. The van der Waals surface area contributed by atoms with Gasteiger partial charge < -0.3 is 10.2 Å². The normalized spacial score (nSPS) is 16.0. The van der Waals surface area contributed by atoms with Crippen LogP contribution in [0.5, 0.6) is 0 Å². The molecule has 88 valence electrons. The molecule has 2 rings (SSSR count). The molecule has 0 atom stereocenters. The minimum absolute atomic E-state index is 0.0783. The highest BCUT2D eigenvalue weighted by Crippen LogP contribution is 2.16. The van der Waals surface area contributed by atoms with Crippen LogP contribution >= 0.6 is 0 Å². The number of carbonyl (C=O) groups is 1. The molecule has 1 amide bonds. The molecule has 1 aromatic heterocycles. The van der Waals surface area contributed by atoms with E-state index >= 15 is 0 Å². The molecule has 16 heavy (non-hydrogen) atoms. The average molecular weight is 222 g/mol.